The summed E-state index contributed by atoms with van der Waals surface area (Å²) in [4.78, 5) is 22.0. The standard InChI is InChI=1S/C9H14O4/c1-4-5-6-9(12,7(2)10)8(11)13-3/h4-5,12H,6H2,1-3H3/b5-4+. The summed E-state index contributed by atoms with van der Waals surface area (Å²) in [6, 6.07) is 0. The maximum Gasteiger partial charge on any atom is 0.346 e. The van der Waals surface area contributed by atoms with Gasteiger partial charge in [0.15, 0.2) is 5.78 Å². The molecule has 1 atom stereocenters. The van der Waals surface area contributed by atoms with E-state index in [0.29, 0.717) is 0 Å². The van der Waals surface area contributed by atoms with Crippen LogP contribution in [0.4, 0.5) is 0 Å². The van der Waals surface area contributed by atoms with Crippen LogP contribution in [0.25, 0.3) is 0 Å². The Hall–Kier alpha value is -1.16. The van der Waals surface area contributed by atoms with Gasteiger partial charge in [0, 0.05) is 6.42 Å². The number of hydrogen-bond donors (Lipinski definition) is 1. The first-order valence-corrected chi connectivity index (χ1v) is 3.92. The molecule has 0 aromatic carbocycles. The number of carbonyl (C=O) groups excluding carboxylic acids is 2. The number of allylic oxidation sites excluding steroid dienone is 1. The molecule has 0 fully saturated rings. The normalized spacial score (nSPS) is 15.4. The molecule has 0 bridgehead atoms. The second-order valence-corrected chi connectivity index (χ2v) is 2.68. The number of carbonyl (C=O) groups is 2. The molecule has 1 unspecified atom stereocenters. The monoisotopic (exact) mass is 186 g/mol. The predicted molar refractivity (Wildman–Crippen MR) is 47.1 cm³/mol. The van der Waals surface area contributed by atoms with Crippen LogP contribution in [0.2, 0.25) is 0 Å². The van der Waals surface area contributed by atoms with E-state index < -0.39 is 17.4 Å². The smallest absolute Gasteiger partial charge is 0.346 e. The van der Waals surface area contributed by atoms with E-state index in [9.17, 15) is 14.7 Å². The largest absolute Gasteiger partial charge is 0.467 e. The van der Waals surface area contributed by atoms with E-state index in [1.165, 1.54) is 0 Å². The van der Waals surface area contributed by atoms with Gasteiger partial charge in [-0.3, -0.25) is 4.79 Å². The zero-order valence-corrected chi connectivity index (χ0v) is 8.03. The number of Topliss-reactive ketones (excluding diaryl/α,β-unsaturated/α-hetero) is 1. The number of methoxy groups -OCH3 is 1. The van der Waals surface area contributed by atoms with Gasteiger partial charge in [-0.05, 0) is 13.8 Å². The van der Waals surface area contributed by atoms with Crippen molar-refractivity contribution in [3.8, 4) is 0 Å². The summed E-state index contributed by atoms with van der Waals surface area (Å²) >= 11 is 0. The number of esters is 1. The zero-order chi connectivity index (χ0) is 10.5. The van der Waals surface area contributed by atoms with Gasteiger partial charge in [-0.15, -0.1) is 0 Å². The molecule has 0 aromatic heterocycles. The Morgan fingerprint density at radius 3 is 2.38 bits per heavy atom. The van der Waals surface area contributed by atoms with Crippen LogP contribution in [0.5, 0.6) is 0 Å². The number of ether oxygens (including phenoxy) is 1. The van der Waals surface area contributed by atoms with E-state index in [1.54, 1.807) is 19.1 Å². The van der Waals surface area contributed by atoms with Gasteiger partial charge in [-0.25, -0.2) is 4.79 Å². The highest BCUT2D eigenvalue weighted by atomic mass is 16.5. The molecule has 0 aliphatic rings. The van der Waals surface area contributed by atoms with Gasteiger partial charge in [0.25, 0.3) is 0 Å². The van der Waals surface area contributed by atoms with Crippen molar-refractivity contribution in [2.24, 2.45) is 0 Å². The summed E-state index contributed by atoms with van der Waals surface area (Å²) < 4.78 is 4.33. The van der Waals surface area contributed by atoms with Crippen LogP contribution in [-0.2, 0) is 14.3 Å². The van der Waals surface area contributed by atoms with E-state index in [2.05, 4.69) is 4.74 Å². The third-order valence-corrected chi connectivity index (χ3v) is 1.75. The summed E-state index contributed by atoms with van der Waals surface area (Å²) in [5.41, 5.74) is -2.03. The lowest BCUT2D eigenvalue weighted by molar-refractivity contribution is -0.167. The molecular formula is C9H14O4. The molecule has 0 aromatic rings. The lowest BCUT2D eigenvalue weighted by atomic mass is 9.95. The first-order chi connectivity index (χ1) is 5.99. The Balaban J connectivity index is 4.72. The van der Waals surface area contributed by atoms with Crippen LogP contribution < -0.4 is 0 Å². The summed E-state index contributed by atoms with van der Waals surface area (Å²) in [6.45, 7) is 2.89. The summed E-state index contributed by atoms with van der Waals surface area (Å²) in [5, 5.41) is 9.61. The Labute approximate surface area is 77.2 Å². The van der Waals surface area contributed by atoms with Gasteiger partial charge in [0.2, 0.25) is 5.60 Å². The fourth-order valence-corrected chi connectivity index (χ4v) is 0.828. The van der Waals surface area contributed by atoms with Crippen LogP contribution >= 0.6 is 0 Å². The molecule has 0 saturated carbocycles. The molecule has 13 heavy (non-hydrogen) atoms. The van der Waals surface area contributed by atoms with Gasteiger partial charge >= 0.3 is 5.97 Å². The molecule has 0 rings (SSSR count). The number of rotatable bonds is 4. The van der Waals surface area contributed by atoms with Gasteiger partial charge in [-0.1, -0.05) is 12.2 Å². The number of ketones is 1. The van der Waals surface area contributed by atoms with Crippen molar-refractivity contribution >= 4 is 11.8 Å². The molecule has 4 nitrogen and oxygen atoms in total. The lowest BCUT2D eigenvalue weighted by Crippen LogP contribution is -2.45. The van der Waals surface area contributed by atoms with E-state index in [1.807, 2.05) is 0 Å². The van der Waals surface area contributed by atoms with Crippen LogP contribution in [0.15, 0.2) is 12.2 Å². The molecule has 1 N–H and O–H groups in total. The molecule has 0 amide bonds. The molecule has 0 aliphatic carbocycles. The van der Waals surface area contributed by atoms with Crippen LogP contribution in [0.3, 0.4) is 0 Å². The fraction of sp³-hybridized carbons (Fsp3) is 0.556. The summed E-state index contributed by atoms with van der Waals surface area (Å²) in [5.74, 6) is -1.53. The Bertz CT molecular complexity index is 232. The Kier molecular flexibility index (Phi) is 4.34. The quantitative estimate of drug-likeness (QED) is 0.393. The highest BCUT2D eigenvalue weighted by molar-refractivity contribution is 6.05. The third-order valence-electron chi connectivity index (χ3n) is 1.75. The van der Waals surface area contributed by atoms with E-state index in [0.717, 1.165) is 14.0 Å². The summed E-state index contributed by atoms with van der Waals surface area (Å²) in [7, 11) is 1.13. The minimum absolute atomic E-state index is 0.0501. The molecule has 0 spiro atoms. The first kappa shape index (κ1) is 11.8. The van der Waals surface area contributed by atoms with Crippen molar-refractivity contribution in [3.05, 3.63) is 12.2 Å². The lowest BCUT2D eigenvalue weighted by Gasteiger charge is -2.20. The number of hydrogen-bond acceptors (Lipinski definition) is 4. The van der Waals surface area contributed by atoms with Crippen molar-refractivity contribution < 1.29 is 19.4 Å². The highest BCUT2D eigenvalue weighted by Crippen LogP contribution is 2.14. The van der Waals surface area contributed by atoms with Crippen LogP contribution in [0.1, 0.15) is 20.3 Å². The van der Waals surface area contributed by atoms with Gasteiger partial charge in [0.05, 0.1) is 7.11 Å². The summed E-state index contributed by atoms with van der Waals surface area (Å²) in [6.07, 6.45) is 3.14. The van der Waals surface area contributed by atoms with E-state index in [-0.39, 0.29) is 6.42 Å². The van der Waals surface area contributed by atoms with Crippen molar-refractivity contribution in [1.29, 1.82) is 0 Å². The van der Waals surface area contributed by atoms with Crippen molar-refractivity contribution in [2.45, 2.75) is 25.9 Å². The third kappa shape index (κ3) is 2.66. The van der Waals surface area contributed by atoms with Crippen molar-refractivity contribution in [2.75, 3.05) is 7.11 Å². The Morgan fingerprint density at radius 2 is 2.08 bits per heavy atom. The Morgan fingerprint density at radius 1 is 1.54 bits per heavy atom. The second kappa shape index (κ2) is 4.77. The minimum atomic E-state index is -2.03. The molecule has 0 radical (unpaired) electrons. The molecule has 0 heterocycles. The minimum Gasteiger partial charge on any atom is -0.467 e. The van der Waals surface area contributed by atoms with Crippen molar-refractivity contribution in [1.82, 2.24) is 0 Å². The van der Waals surface area contributed by atoms with Crippen LogP contribution in [-0.4, -0.2) is 29.6 Å². The van der Waals surface area contributed by atoms with E-state index >= 15 is 0 Å². The highest BCUT2D eigenvalue weighted by Gasteiger charge is 2.41. The van der Waals surface area contributed by atoms with Gasteiger partial charge in [0.1, 0.15) is 0 Å². The average molecular weight is 186 g/mol. The van der Waals surface area contributed by atoms with Gasteiger partial charge < -0.3 is 9.84 Å². The van der Waals surface area contributed by atoms with Gasteiger partial charge in [-0.2, -0.15) is 0 Å². The second-order valence-electron chi connectivity index (χ2n) is 2.68. The fourth-order valence-electron chi connectivity index (χ4n) is 0.828. The molecule has 0 aliphatic heterocycles. The van der Waals surface area contributed by atoms with Crippen molar-refractivity contribution in [3.63, 3.8) is 0 Å². The first-order valence-electron chi connectivity index (χ1n) is 3.92. The average Bonchev–Trinajstić information content (AvgIpc) is 2.12. The van der Waals surface area contributed by atoms with Crippen LogP contribution in [0, 0.1) is 0 Å². The molecule has 4 heteroatoms. The maximum absolute atomic E-state index is 11.1. The maximum atomic E-state index is 11.1. The number of aliphatic hydroxyl groups is 1. The SMILES string of the molecule is C/C=C/CC(O)(C(C)=O)C(=O)OC. The zero-order valence-electron chi connectivity index (χ0n) is 8.03. The molecule has 74 valence electrons. The molecular weight excluding hydrogens is 172 g/mol. The molecule has 0 saturated heterocycles. The van der Waals surface area contributed by atoms with E-state index in [4.69, 9.17) is 0 Å². The predicted octanol–water partition coefficient (Wildman–Crippen LogP) is 0.446. The topological polar surface area (TPSA) is 63.6 Å².